The van der Waals surface area contributed by atoms with Crippen LogP contribution in [0, 0.1) is 6.92 Å². The molecule has 0 fully saturated rings. The Bertz CT molecular complexity index is 783. The van der Waals surface area contributed by atoms with E-state index in [0.29, 0.717) is 18.1 Å². The molecule has 2 heterocycles. The predicted octanol–water partition coefficient (Wildman–Crippen LogP) is 3.17. The van der Waals surface area contributed by atoms with Crippen molar-refractivity contribution in [3.8, 4) is 0 Å². The Morgan fingerprint density at radius 1 is 1.32 bits per heavy atom. The minimum atomic E-state index is -0.342. The standard InChI is InChI=1S/C18H22N4O2S/c1-4-25-10-9-24-17(23)15-13(3)21-18-19-11-20-22(18)16(15)14-7-5-12(2)6-8-14/h5-8,11,16H,4,9-10H2,1-3H3,(H,19,20,21)/t16-/m1/s1. The van der Waals surface area contributed by atoms with Crippen LogP contribution in [-0.4, -0.2) is 38.8 Å². The molecule has 0 spiro atoms. The zero-order chi connectivity index (χ0) is 17.8. The highest BCUT2D eigenvalue weighted by atomic mass is 32.2. The van der Waals surface area contributed by atoms with Crippen LogP contribution in [0.1, 0.15) is 31.0 Å². The first kappa shape index (κ1) is 17.5. The second-order valence-corrected chi connectivity index (χ2v) is 7.23. The lowest BCUT2D eigenvalue weighted by molar-refractivity contribution is -0.138. The second-order valence-electron chi connectivity index (χ2n) is 5.84. The van der Waals surface area contributed by atoms with E-state index in [9.17, 15) is 4.79 Å². The van der Waals surface area contributed by atoms with Gasteiger partial charge >= 0.3 is 5.97 Å². The van der Waals surface area contributed by atoms with Crippen molar-refractivity contribution in [3.05, 3.63) is 53.0 Å². The van der Waals surface area contributed by atoms with Gasteiger partial charge in [0.25, 0.3) is 0 Å². The summed E-state index contributed by atoms with van der Waals surface area (Å²) in [4.78, 5) is 17.0. The van der Waals surface area contributed by atoms with E-state index in [2.05, 4.69) is 22.3 Å². The molecule has 1 aliphatic heterocycles. The van der Waals surface area contributed by atoms with E-state index in [1.807, 2.05) is 38.1 Å². The molecule has 0 saturated heterocycles. The summed E-state index contributed by atoms with van der Waals surface area (Å²) in [6.07, 6.45) is 1.49. The van der Waals surface area contributed by atoms with Crippen LogP contribution in [-0.2, 0) is 9.53 Å². The molecule has 1 aromatic heterocycles. The number of thioether (sulfide) groups is 1. The number of fused-ring (bicyclic) bond motifs is 1. The van der Waals surface area contributed by atoms with Crippen molar-refractivity contribution < 1.29 is 9.53 Å². The van der Waals surface area contributed by atoms with Gasteiger partial charge in [-0.3, -0.25) is 0 Å². The number of nitrogens with zero attached hydrogens (tertiary/aromatic N) is 3. The Labute approximate surface area is 151 Å². The summed E-state index contributed by atoms with van der Waals surface area (Å²) in [5.41, 5.74) is 3.47. The fraction of sp³-hybridized carbons (Fsp3) is 0.389. The molecular formula is C18H22N4O2S. The number of esters is 1. The van der Waals surface area contributed by atoms with Crippen LogP contribution in [0.25, 0.3) is 0 Å². The summed E-state index contributed by atoms with van der Waals surface area (Å²) < 4.78 is 7.23. The number of hydrogen-bond donors (Lipinski definition) is 1. The zero-order valence-corrected chi connectivity index (χ0v) is 15.5. The molecular weight excluding hydrogens is 336 g/mol. The van der Waals surface area contributed by atoms with Gasteiger partial charge < -0.3 is 10.1 Å². The van der Waals surface area contributed by atoms with E-state index in [1.165, 1.54) is 6.33 Å². The maximum atomic E-state index is 12.8. The summed E-state index contributed by atoms with van der Waals surface area (Å²) in [6.45, 7) is 6.40. The van der Waals surface area contributed by atoms with E-state index in [1.54, 1.807) is 16.4 Å². The van der Waals surface area contributed by atoms with Crippen LogP contribution in [0.2, 0.25) is 0 Å². The maximum absolute atomic E-state index is 12.8. The van der Waals surface area contributed by atoms with Crippen LogP contribution >= 0.6 is 11.8 Å². The molecule has 25 heavy (non-hydrogen) atoms. The van der Waals surface area contributed by atoms with E-state index in [-0.39, 0.29) is 12.0 Å². The molecule has 0 unspecified atom stereocenters. The van der Waals surface area contributed by atoms with E-state index in [0.717, 1.165) is 28.3 Å². The van der Waals surface area contributed by atoms with E-state index in [4.69, 9.17) is 4.74 Å². The molecule has 1 aromatic carbocycles. The van der Waals surface area contributed by atoms with Gasteiger partial charge in [-0.25, -0.2) is 9.48 Å². The summed E-state index contributed by atoms with van der Waals surface area (Å²) in [5, 5.41) is 7.46. The Hall–Kier alpha value is -2.28. The van der Waals surface area contributed by atoms with Crippen molar-refractivity contribution in [1.82, 2.24) is 14.8 Å². The van der Waals surface area contributed by atoms with Crippen LogP contribution in [0.4, 0.5) is 5.95 Å². The number of carbonyl (C=O) groups is 1. The minimum Gasteiger partial charge on any atom is -0.461 e. The lowest BCUT2D eigenvalue weighted by atomic mass is 9.95. The second kappa shape index (κ2) is 7.74. The fourth-order valence-electron chi connectivity index (χ4n) is 2.83. The molecule has 0 bridgehead atoms. The molecule has 3 rings (SSSR count). The Morgan fingerprint density at radius 2 is 2.08 bits per heavy atom. The highest BCUT2D eigenvalue weighted by Crippen LogP contribution is 2.35. The number of allylic oxidation sites excluding steroid dienone is 1. The smallest absolute Gasteiger partial charge is 0.338 e. The van der Waals surface area contributed by atoms with E-state index < -0.39 is 0 Å². The summed E-state index contributed by atoms with van der Waals surface area (Å²) in [6, 6.07) is 7.76. The van der Waals surface area contributed by atoms with Crippen molar-refractivity contribution in [2.24, 2.45) is 0 Å². The van der Waals surface area contributed by atoms with Gasteiger partial charge in [0.2, 0.25) is 5.95 Å². The van der Waals surface area contributed by atoms with Crippen molar-refractivity contribution in [2.45, 2.75) is 26.8 Å². The Kier molecular flexibility index (Phi) is 5.43. The first-order valence-electron chi connectivity index (χ1n) is 8.30. The largest absolute Gasteiger partial charge is 0.461 e. The van der Waals surface area contributed by atoms with Crippen LogP contribution < -0.4 is 5.32 Å². The SMILES string of the molecule is CCSCCOC(=O)C1=C(C)Nc2ncnn2[C@@H]1c1ccc(C)cc1. The Balaban J connectivity index is 1.92. The molecule has 1 aliphatic rings. The molecule has 2 aromatic rings. The lowest BCUT2D eigenvalue weighted by Gasteiger charge is -2.28. The molecule has 1 N–H and O–H groups in total. The Morgan fingerprint density at radius 3 is 2.80 bits per heavy atom. The quantitative estimate of drug-likeness (QED) is 0.632. The number of hydrogen-bond acceptors (Lipinski definition) is 6. The van der Waals surface area contributed by atoms with Gasteiger partial charge in [0.05, 0.1) is 5.57 Å². The van der Waals surface area contributed by atoms with Gasteiger partial charge in [0.1, 0.15) is 19.0 Å². The van der Waals surface area contributed by atoms with Crippen molar-refractivity contribution in [1.29, 1.82) is 0 Å². The van der Waals surface area contributed by atoms with Crippen molar-refractivity contribution >= 4 is 23.7 Å². The van der Waals surface area contributed by atoms with Gasteiger partial charge in [-0.15, -0.1) is 0 Å². The predicted molar refractivity (Wildman–Crippen MR) is 99.6 cm³/mol. The first-order chi connectivity index (χ1) is 12.1. The van der Waals surface area contributed by atoms with Gasteiger partial charge in [0.15, 0.2) is 0 Å². The van der Waals surface area contributed by atoms with Crippen LogP contribution in [0.5, 0.6) is 0 Å². The fourth-order valence-corrected chi connectivity index (χ4v) is 3.32. The lowest BCUT2D eigenvalue weighted by Crippen LogP contribution is -2.30. The normalized spacial score (nSPS) is 16.4. The summed E-state index contributed by atoms with van der Waals surface area (Å²) >= 11 is 1.75. The molecule has 1 atom stereocenters. The highest BCUT2D eigenvalue weighted by molar-refractivity contribution is 7.99. The molecule has 7 heteroatoms. The molecule has 132 valence electrons. The van der Waals surface area contributed by atoms with Gasteiger partial charge in [-0.05, 0) is 25.2 Å². The average Bonchev–Trinajstić information content (AvgIpc) is 3.06. The summed E-state index contributed by atoms with van der Waals surface area (Å²) in [7, 11) is 0. The van der Waals surface area contributed by atoms with Gasteiger partial charge in [-0.2, -0.15) is 21.8 Å². The van der Waals surface area contributed by atoms with Gasteiger partial charge in [0, 0.05) is 11.4 Å². The zero-order valence-electron chi connectivity index (χ0n) is 14.7. The third-order valence-electron chi connectivity index (χ3n) is 4.07. The third kappa shape index (κ3) is 3.71. The number of benzene rings is 1. The molecule has 6 nitrogen and oxygen atoms in total. The van der Waals surface area contributed by atoms with Gasteiger partial charge in [-0.1, -0.05) is 36.8 Å². The number of anilines is 1. The molecule has 0 radical (unpaired) electrons. The number of rotatable bonds is 6. The first-order valence-corrected chi connectivity index (χ1v) is 9.46. The minimum absolute atomic E-state index is 0.312. The number of aryl methyl sites for hydroxylation is 1. The number of carbonyl (C=O) groups excluding carboxylic acids is 1. The monoisotopic (exact) mass is 358 g/mol. The average molecular weight is 358 g/mol. The summed E-state index contributed by atoms with van der Waals surface area (Å²) in [5.74, 6) is 2.12. The molecule has 0 aliphatic carbocycles. The maximum Gasteiger partial charge on any atom is 0.338 e. The topological polar surface area (TPSA) is 69.0 Å². The number of aromatic nitrogens is 3. The van der Waals surface area contributed by atoms with Crippen molar-refractivity contribution in [3.63, 3.8) is 0 Å². The van der Waals surface area contributed by atoms with Crippen molar-refractivity contribution in [2.75, 3.05) is 23.4 Å². The van der Waals surface area contributed by atoms with E-state index >= 15 is 0 Å². The molecule has 0 amide bonds. The third-order valence-corrected chi connectivity index (χ3v) is 4.94. The molecule has 0 saturated carbocycles. The number of ether oxygens (including phenoxy) is 1. The van der Waals surface area contributed by atoms with Crippen LogP contribution in [0.15, 0.2) is 41.9 Å². The van der Waals surface area contributed by atoms with Crippen LogP contribution in [0.3, 0.4) is 0 Å². The highest BCUT2D eigenvalue weighted by Gasteiger charge is 2.34. The number of nitrogens with one attached hydrogen (secondary N) is 1.